The molecule has 0 aliphatic carbocycles. The molecule has 1 N–H and O–H groups in total. The SMILES string of the molecule is O=C(Nc1ccc2c(c1)OCCO2)c1cnn2c(-c3cccc([N+](=O)[O-])c3)ccnc12. The number of hydrogen-bond donors (Lipinski definition) is 1. The molecular formula is C21H15N5O5. The molecule has 2 aromatic carbocycles. The fraction of sp³-hybridized carbons (Fsp3) is 0.0952. The Bertz CT molecular complexity index is 1330. The van der Waals surface area contributed by atoms with Gasteiger partial charge in [0.15, 0.2) is 17.1 Å². The summed E-state index contributed by atoms with van der Waals surface area (Å²) in [6.07, 6.45) is 2.95. The van der Waals surface area contributed by atoms with Crippen molar-refractivity contribution in [2.24, 2.45) is 0 Å². The van der Waals surface area contributed by atoms with E-state index in [1.165, 1.54) is 29.0 Å². The van der Waals surface area contributed by atoms with E-state index in [0.29, 0.717) is 47.3 Å². The number of nitrogens with zero attached hydrogens (tertiary/aromatic N) is 4. The smallest absolute Gasteiger partial charge is 0.270 e. The fourth-order valence-corrected chi connectivity index (χ4v) is 3.37. The number of anilines is 1. The Hall–Kier alpha value is -4.47. The van der Waals surface area contributed by atoms with Crippen LogP contribution < -0.4 is 14.8 Å². The number of fused-ring (bicyclic) bond motifs is 2. The second kappa shape index (κ2) is 7.41. The maximum atomic E-state index is 12.9. The average Bonchev–Trinajstić information content (AvgIpc) is 3.23. The van der Waals surface area contributed by atoms with Crippen LogP contribution in [0.1, 0.15) is 10.4 Å². The zero-order valence-electron chi connectivity index (χ0n) is 16.0. The Kier molecular flexibility index (Phi) is 4.43. The summed E-state index contributed by atoms with van der Waals surface area (Å²) in [6.45, 7) is 0.933. The number of non-ortho nitro benzene ring substituents is 1. The van der Waals surface area contributed by atoms with Crippen LogP contribution in [0.3, 0.4) is 0 Å². The monoisotopic (exact) mass is 417 g/mol. The molecule has 0 unspecified atom stereocenters. The highest BCUT2D eigenvalue weighted by molar-refractivity contribution is 6.08. The molecule has 31 heavy (non-hydrogen) atoms. The van der Waals surface area contributed by atoms with E-state index in [1.54, 1.807) is 36.4 Å². The van der Waals surface area contributed by atoms with E-state index >= 15 is 0 Å². The lowest BCUT2D eigenvalue weighted by atomic mass is 10.1. The summed E-state index contributed by atoms with van der Waals surface area (Å²) in [6, 6.07) is 13.0. The van der Waals surface area contributed by atoms with Gasteiger partial charge in [-0.3, -0.25) is 14.9 Å². The van der Waals surface area contributed by atoms with Gasteiger partial charge >= 0.3 is 0 Å². The summed E-state index contributed by atoms with van der Waals surface area (Å²) >= 11 is 0. The number of benzene rings is 2. The quantitative estimate of drug-likeness (QED) is 0.399. The zero-order chi connectivity index (χ0) is 21.4. The number of aromatic nitrogens is 3. The number of rotatable bonds is 4. The van der Waals surface area contributed by atoms with Crippen LogP contribution in [-0.2, 0) is 0 Å². The van der Waals surface area contributed by atoms with Crippen molar-refractivity contribution in [3.8, 4) is 22.8 Å². The van der Waals surface area contributed by atoms with E-state index in [2.05, 4.69) is 15.4 Å². The minimum Gasteiger partial charge on any atom is -0.486 e. The van der Waals surface area contributed by atoms with Crippen LogP contribution >= 0.6 is 0 Å². The third-order valence-corrected chi connectivity index (χ3v) is 4.80. The number of carbonyl (C=O) groups excluding carboxylic acids is 1. The molecule has 5 rings (SSSR count). The van der Waals surface area contributed by atoms with Crippen molar-refractivity contribution in [3.63, 3.8) is 0 Å². The van der Waals surface area contributed by atoms with Gasteiger partial charge in [-0.25, -0.2) is 9.50 Å². The van der Waals surface area contributed by atoms with Gasteiger partial charge in [-0.1, -0.05) is 12.1 Å². The number of nitrogens with one attached hydrogen (secondary N) is 1. The van der Waals surface area contributed by atoms with Crippen molar-refractivity contribution < 1.29 is 19.2 Å². The molecule has 10 nitrogen and oxygen atoms in total. The Morgan fingerprint density at radius 2 is 1.94 bits per heavy atom. The van der Waals surface area contributed by atoms with Gasteiger partial charge in [-0.15, -0.1) is 0 Å². The zero-order valence-corrected chi connectivity index (χ0v) is 16.0. The Balaban J connectivity index is 1.48. The third-order valence-electron chi connectivity index (χ3n) is 4.80. The van der Waals surface area contributed by atoms with Crippen molar-refractivity contribution in [1.82, 2.24) is 14.6 Å². The van der Waals surface area contributed by atoms with E-state index in [1.807, 2.05) is 0 Å². The van der Waals surface area contributed by atoms with Gasteiger partial charge in [0.2, 0.25) is 0 Å². The van der Waals surface area contributed by atoms with Crippen molar-refractivity contribution in [2.45, 2.75) is 0 Å². The van der Waals surface area contributed by atoms with Crippen LogP contribution in [0.4, 0.5) is 11.4 Å². The van der Waals surface area contributed by atoms with E-state index < -0.39 is 10.8 Å². The minimum atomic E-state index is -0.461. The molecule has 10 heteroatoms. The number of nitro groups is 1. The van der Waals surface area contributed by atoms with Crippen molar-refractivity contribution >= 4 is 22.9 Å². The van der Waals surface area contributed by atoms with E-state index in [0.717, 1.165) is 0 Å². The first-order chi connectivity index (χ1) is 15.1. The van der Waals surface area contributed by atoms with Gasteiger partial charge in [0.25, 0.3) is 11.6 Å². The van der Waals surface area contributed by atoms with Crippen molar-refractivity contribution in [1.29, 1.82) is 0 Å². The number of amides is 1. The molecule has 0 bridgehead atoms. The lowest BCUT2D eigenvalue weighted by Crippen LogP contribution is -2.16. The summed E-state index contributed by atoms with van der Waals surface area (Å²) in [7, 11) is 0. The van der Waals surface area contributed by atoms with Crippen LogP contribution in [0.15, 0.2) is 60.9 Å². The first-order valence-electron chi connectivity index (χ1n) is 9.39. The van der Waals surface area contributed by atoms with E-state index in [9.17, 15) is 14.9 Å². The highest BCUT2D eigenvalue weighted by Crippen LogP contribution is 2.33. The highest BCUT2D eigenvalue weighted by Gasteiger charge is 2.19. The van der Waals surface area contributed by atoms with Crippen LogP contribution in [0.25, 0.3) is 16.9 Å². The Morgan fingerprint density at radius 3 is 2.77 bits per heavy atom. The average molecular weight is 417 g/mol. The summed E-state index contributed by atoms with van der Waals surface area (Å²) in [5, 5.41) is 18.2. The summed E-state index contributed by atoms with van der Waals surface area (Å²) in [5.74, 6) is 0.800. The number of nitro benzene ring substituents is 1. The number of hydrogen-bond acceptors (Lipinski definition) is 7. The van der Waals surface area contributed by atoms with Gasteiger partial charge in [0.05, 0.1) is 16.8 Å². The summed E-state index contributed by atoms with van der Waals surface area (Å²) in [4.78, 5) is 27.8. The first kappa shape index (κ1) is 18.6. The molecule has 0 spiro atoms. The second-order valence-corrected chi connectivity index (χ2v) is 6.74. The van der Waals surface area contributed by atoms with Gasteiger partial charge < -0.3 is 14.8 Å². The molecule has 0 saturated carbocycles. The predicted molar refractivity (Wildman–Crippen MR) is 110 cm³/mol. The van der Waals surface area contributed by atoms with Gasteiger partial charge in [0, 0.05) is 35.6 Å². The molecule has 1 aliphatic heterocycles. The molecule has 1 amide bonds. The standard InChI is InChI=1S/C21H15N5O5/c27-21(24-14-4-5-18-19(11-14)31-9-8-30-18)16-12-23-25-17(6-7-22-20(16)25)13-2-1-3-15(10-13)26(28)29/h1-7,10-12H,8-9H2,(H,24,27). The lowest BCUT2D eigenvalue weighted by Gasteiger charge is -2.18. The second-order valence-electron chi connectivity index (χ2n) is 6.74. The highest BCUT2D eigenvalue weighted by atomic mass is 16.6. The third kappa shape index (κ3) is 3.39. The Labute approximate surface area is 175 Å². The van der Waals surface area contributed by atoms with Crippen LogP contribution in [0, 0.1) is 10.1 Å². The normalized spacial score (nSPS) is 12.5. The molecular weight excluding hydrogens is 402 g/mol. The molecule has 3 heterocycles. The van der Waals surface area contributed by atoms with Crippen molar-refractivity contribution in [2.75, 3.05) is 18.5 Å². The molecule has 2 aromatic heterocycles. The first-order valence-corrected chi connectivity index (χ1v) is 9.39. The van der Waals surface area contributed by atoms with Gasteiger partial charge in [-0.2, -0.15) is 5.10 Å². The minimum absolute atomic E-state index is 0.0359. The molecule has 0 radical (unpaired) electrons. The molecule has 0 saturated heterocycles. The van der Waals surface area contributed by atoms with Gasteiger partial charge in [0.1, 0.15) is 18.8 Å². The molecule has 1 aliphatic rings. The number of carbonyl (C=O) groups is 1. The van der Waals surface area contributed by atoms with Gasteiger partial charge in [-0.05, 0) is 18.2 Å². The van der Waals surface area contributed by atoms with Crippen LogP contribution in [0.5, 0.6) is 11.5 Å². The topological polar surface area (TPSA) is 121 Å². The molecule has 0 atom stereocenters. The summed E-state index contributed by atoms with van der Waals surface area (Å²) in [5.41, 5.74) is 2.27. The molecule has 154 valence electrons. The van der Waals surface area contributed by atoms with E-state index in [-0.39, 0.29) is 11.3 Å². The molecule has 4 aromatic rings. The fourth-order valence-electron chi connectivity index (χ4n) is 3.37. The van der Waals surface area contributed by atoms with Crippen LogP contribution in [-0.4, -0.2) is 38.6 Å². The maximum absolute atomic E-state index is 12.9. The van der Waals surface area contributed by atoms with E-state index in [4.69, 9.17) is 9.47 Å². The molecule has 0 fully saturated rings. The number of ether oxygens (including phenoxy) is 2. The largest absolute Gasteiger partial charge is 0.486 e. The Morgan fingerprint density at radius 1 is 1.10 bits per heavy atom. The lowest BCUT2D eigenvalue weighted by molar-refractivity contribution is -0.384. The predicted octanol–water partition coefficient (Wildman–Crippen LogP) is 3.33. The van der Waals surface area contributed by atoms with Crippen LogP contribution in [0.2, 0.25) is 0 Å². The summed E-state index contributed by atoms with van der Waals surface area (Å²) < 4.78 is 12.5. The van der Waals surface area contributed by atoms with Crippen molar-refractivity contribution in [3.05, 3.63) is 76.6 Å². The maximum Gasteiger partial charge on any atom is 0.270 e.